The highest BCUT2D eigenvalue weighted by Crippen LogP contribution is 2.22. The molecule has 0 aliphatic carbocycles. The second kappa shape index (κ2) is 9.41. The molecule has 0 radical (unpaired) electrons. The van der Waals surface area contributed by atoms with Crippen LogP contribution in [-0.4, -0.2) is 25.4 Å². The minimum Gasteiger partial charge on any atom is -0.445 e. The van der Waals surface area contributed by atoms with Crippen LogP contribution in [0.5, 0.6) is 5.75 Å². The molecule has 0 saturated carbocycles. The van der Waals surface area contributed by atoms with Gasteiger partial charge in [0.15, 0.2) is 0 Å². The number of carbonyl (C=O) groups excluding carboxylic acids is 2. The van der Waals surface area contributed by atoms with Crippen LogP contribution in [0.15, 0.2) is 63.8 Å². The molecule has 0 aliphatic heterocycles. The largest absolute Gasteiger partial charge is 0.513 e. The number of hydrogen-bond acceptors (Lipinski definition) is 7. The fraction of sp³-hybridized carbons (Fsp3) is 0.190. The molecular weight excluding hydrogens is 378 g/mol. The molecule has 3 aromatic rings. The van der Waals surface area contributed by atoms with Gasteiger partial charge in [0.25, 0.3) is 0 Å². The summed E-state index contributed by atoms with van der Waals surface area (Å²) in [6, 6.07) is 15.3. The van der Waals surface area contributed by atoms with E-state index in [1.54, 1.807) is 19.1 Å². The summed E-state index contributed by atoms with van der Waals surface area (Å²) in [6.07, 6.45) is -1.57. The maximum Gasteiger partial charge on any atom is 0.513 e. The van der Waals surface area contributed by atoms with Crippen molar-refractivity contribution in [2.75, 3.05) is 13.2 Å². The minimum absolute atomic E-state index is 0.0640. The summed E-state index contributed by atoms with van der Waals surface area (Å²) in [5, 5.41) is 3.20. The third-order valence-corrected chi connectivity index (χ3v) is 3.93. The van der Waals surface area contributed by atoms with Crippen molar-refractivity contribution < 1.29 is 28.2 Å². The molecule has 1 heterocycles. The van der Waals surface area contributed by atoms with Crippen LogP contribution >= 0.6 is 0 Å². The van der Waals surface area contributed by atoms with E-state index in [2.05, 4.69) is 5.32 Å². The molecule has 8 nitrogen and oxygen atoms in total. The highest BCUT2D eigenvalue weighted by molar-refractivity contribution is 5.82. The van der Waals surface area contributed by atoms with Crippen molar-refractivity contribution in [1.82, 2.24) is 5.32 Å². The van der Waals surface area contributed by atoms with Crippen LogP contribution in [0.4, 0.5) is 9.59 Å². The van der Waals surface area contributed by atoms with Crippen molar-refractivity contribution in [2.45, 2.75) is 13.5 Å². The van der Waals surface area contributed by atoms with Crippen molar-refractivity contribution in [3.8, 4) is 5.75 Å². The summed E-state index contributed by atoms with van der Waals surface area (Å²) < 4.78 is 20.1. The highest BCUT2D eigenvalue weighted by Gasteiger charge is 2.10. The van der Waals surface area contributed by atoms with E-state index in [1.807, 2.05) is 30.3 Å². The van der Waals surface area contributed by atoms with Crippen molar-refractivity contribution in [2.24, 2.45) is 0 Å². The fourth-order valence-corrected chi connectivity index (χ4v) is 2.56. The van der Waals surface area contributed by atoms with Gasteiger partial charge in [0.2, 0.25) is 0 Å². The Bertz CT molecular complexity index is 1060. The second-order valence-corrected chi connectivity index (χ2v) is 6.10. The van der Waals surface area contributed by atoms with Gasteiger partial charge >= 0.3 is 17.9 Å². The third-order valence-electron chi connectivity index (χ3n) is 3.93. The number of rotatable bonds is 6. The zero-order valence-corrected chi connectivity index (χ0v) is 15.7. The van der Waals surface area contributed by atoms with Gasteiger partial charge in [-0.25, -0.2) is 14.4 Å². The van der Waals surface area contributed by atoms with Crippen LogP contribution in [-0.2, 0) is 16.1 Å². The summed E-state index contributed by atoms with van der Waals surface area (Å²) in [5.74, 6) is 0.173. The first-order valence-electron chi connectivity index (χ1n) is 8.85. The summed E-state index contributed by atoms with van der Waals surface area (Å²) >= 11 is 0. The predicted molar refractivity (Wildman–Crippen MR) is 104 cm³/mol. The lowest BCUT2D eigenvalue weighted by Crippen LogP contribution is -2.29. The average molecular weight is 397 g/mol. The Balaban J connectivity index is 1.40. The Morgan fingerprint density at radius 2 is 1.83 bits per heavy atom. The monoisotopic (exact) mass is 397 g/mol. The molecule has 2 aromatic carbocycles. The Morgan fingerprint density at radius 1 is 1.03 bits per heavy atom. The normalized spacial score (nSPS) is 10.4. The molecule has 3 rings (SSSR count). The molecule has 0 bridgehead atoms. The van der Waals surface area contributed by atoms with Crippen molar-refractivity contribution in [1.29, 1.82) is 0 Å². The molecule has 8 heteroatoms. The van der Waals surface area contributed by atoms with Gasteiger partial charge in [-0.05, 0) is 30.2 Å². The summed E-state index contributed by atoms with van der Waals surface area (Å²) in [4.78, 5) is 34.8. The second-order valence-electron chi connectivity index (χ2n) is 6.10. The number of hydrogen-bond donors (Lipinski definition) is 1. The van der Waals surface area contributed by atoms with Crippen LogP contribution in [0.25, 0.3) is 11.0 Å². The van der Waals surface area contributed by atoms with Gasteiger partial charge in [-0.2, -0.15) is 0 Å². The summed E-state index contributed by atoms with van der Waals surface area (Å²) in [5.41, 5.74) is 1.45. The van der Waals surface area contributed by atoms with Crippen molar-refractivity contribution in [3.63, 3.8) is 0 Å². The Kier molecular flexibility index (Phi) is 6.47. The predicted octanol–water partition coefficient (Wildman–Crippen LogP) is 3.54. The number of carbonyl (C=O) groups is 2. The molecule has 1 amide bonds. The van der Waals surface area contributed by atoms with E-state index in [9.17, 15) is 14.4 Å². The number of fused-ring (bicyclic) bond motifs is 1. The van der Waals surface area contributed by atoms with Crippen molar-refractivity contribution in [3.05, 3.63) is 76.1 Å². The number of ether oxygens (including phenoxy) is 3. The summed E-state index contributed by atoms with van der Waals surface area (Å²) in [6.45, 7) is 1.90. The fourth-order valence-electron chi connectivity index (χ4n) is 2.56. The molecule has 0 spiro atoms. The van der Waals surface area contributed by atoms with Gasteiger partial charge in [0.05, 0.1) is 6.54 Å². The van der Waals surface area contributed by atoms with Gasteiger partial charge in [-0.15, -0.1) is 0 Å². The van der Waals surface area contributed by atoms with Crippen LogP contribution in [0.3, 0.4) is 0 Å². The molecule has 1 N–H and O–H groups in total. The molecule has 150 valence electrons. The SMILES string of the molecule is Cc1cc(=O)oc2cc(OC(=O)OCCNC(=O)OCc3ccccc3)ccc12. The molecule has 0 atom stereocenters. The van der Waals surface area contributed by atoms with Crippen LogP contribution in [0.2, 0.25) is 0 Å². The number of benzene rings is 2. The van der Waals surface area contributed by atoms with E-state index in [-0.39, 0.29) is 25.5 Å². The van der Waals surface area contributed by atoms with Gasteiger partial charge in [-0.1, -0.05) is 30.3 Å². The average Bonchev–Trinajstić information content (AvgIpc) is 2.70. The van der Waals surface area contributed by atoms with Gasteiger partial charge in [-0.3, -0.25) is 0 Å². The zero-order chi connectivity index (χ0) is 20.6. The van der Waals surface area contributed by atoms with Gasteiger partial charge in [0.1, 0.15) is 24.5 Å². The minimum atomic E-state index is -0.946. The molecular formula is C21H19NO7. The smallest absolute Gasteiger partial charge is 0.445 e. The Hall–Kier alpha value is -3.81. The standard InChI is InChI=1S/C21H19NO7/c1-14-11-19(23)29-18-12-16(7-8-17(14)18)28-21(25)26-10-9-22-20(24)27-13-15-5-3-2-4-6-15/h2-8,11-12H,9-10,13H2,1H3,(H,22,24). The van der Waals surface area contributed by atoms with Crippen LogP contribution < -0.4 is 15.7 Å². The zero-order valence-electron chi connectivity index (χ0n) is 15.7. The maximum atomic E-state index is 11.8. The van der Waals surface area contributed by atoms with Gasteiger partial charge in [0, 0.05) is 17.5 Å². The first-order valence-corrected chi connectivity index (χ1v) is 8.85. The van der Waals surface area contributed by atoms with E-state index >= 15 is 0 Å². The van der Waals surface area contributed by atoms with E-state index in [4.69, 9.17) is 18.6 Å². The topological polar surface area (TPSA) is 104 Å². The lowest BCUT2D eigenvalue weighted by Gasteiger charge is -2.08. The molecule has 0 fully saturated rings. The maximum absolute atomic E-state index is 11.8. The van der Waals surface area contributed by atoms with E-state index < -0.39 is 17.9 Å². The van der Waals surface area contributed by atoms with E-state index in [1.165, 1.54) is 12.1 Å². The van der Waals surface area contributed by atoms with E-state index in [0.29, 0.717) is 5.58 Å². The molecule has 29 heavy (non-hydrogen) atoms. The number of aryl methyl sites for hydroxylation is 1. The number of alkyl carbamates (subject to hydrolysis) is 1. The highest BCUT2D eigenvalue weighted by atomic mass is 16.7. The van der Waals surface area contributed by atoms with Gasteiger partial charge < -0.3 is 23.9 Å². The Morgan fingerprint density at radius 3 is 2.62 bits per heavy atom. The molecule has 1 aromatic heterocycles. The molecule has 0 unspecified atom stereocenters. The van der Waals surface area contributed by atoms with Crippen LogP contribution in [0, 0.1) is 6.92 Å². The molecule has 0 saturated heterocycles. The molecule has 0 aliphatic rings. The quantitative estimate of drug-likeness (QED) is 0.294. The first kappa shape index (κ1) is 19.9. The third kappa shape index (κ3) is 5.83. The van der Waals surface area contributed by atoms with Crippen LogP contribution in [0.1, 0.15) is 11.1 Å². The first-order chi connectivity index (χ1) is 14.0. The lowest BCUT2D eigenvalue weighted by atomic mass is 10.1. The number of amides is 1. The van der Waals surface area contributed by atoms with Crippen molar-refractivity contribution >= 4 is 23.2 Å². The summed E-state index contributed by atoms with van der Waals surface area (Å²) in [7, 11) is 0. The Labute approximate surface area is 166 Å². The van der Waals surface area contributed by atoms with E-state index in [0.717, 1.165) is 16.5 Å². The number of nitrogens with one attached hydrogen (secondary N) is 1. The lowest BCUT2D eigenvalue weighted by molar-refractivity contribution is 0.0965.